The standard InChI is InChI=1S/C14H21N3/c1-3-9-15-10-12(4-2)17-11-16-13-7-5-6-8-14(13)17/h5-8,11-12,15H,3-4,9-10H2,1-2H3. The van der Waals surface area contributed by atoms with E-state index in [4.69, 9.17) is 0 Å². The van der Waals surface area contributed by atoms with Crippen molar-refractivity contribution in [1.82, 2.24) is 14.9 Å². The second-order valence-corrected chi connectivity index (χ2v) is 4.41. The molecule has 1 unspecified atom stereocenters. The smallest absolute Gasteiger partial charge is 0.0961 e. The van der Waals surface area contributed by atoms with Crippen LogP contribution < -0.4 is 5.32 Å². The number of hydrogen-bond donors (Lipinski definition) is 1. The lowest BCUT2D eigenvalue weighted by atomic mass is 10.2. The third kappa shape index (κ3) is 2.67. The second kappa shape index (κ2) is 5.82. The third-order valence-electron chi connectivity index (χ3n) is 3.15. The monoisotopic (exact) mass is 231 g/mol. The Bertz CT molecular complexity index is 461. The number of hydrogen-bond acceptors (Lipinski definition) is 2. The highest BCUT2D eigenvalue weighted by Gasteiger charge is 2.11. The molecule has 17 heavy (non-hydrogen) atoms. The SMILES string of the molecule is CCCNCC(CC)n1cnc2ccccc21. The van der Waals surface area contributed by atoms with Crippen LogP contribution in [0.5, 0.6) is 0 Å². The van der Waals surface area contributed by atoms with Gasteiger partial charge in [0, 0.05) is 12.6 Å². The lowest BCUT2D eigenvalue weighted by molar-refractivity contribution is 0.456. The number of nitrogens with one attached hydrogen (secondary N) is 1. The highest BCUT2D eigenvalue weighted by Crippen LogP contribution is 2.19. The number of rotatable bonds is 6. The molecule has 0 amide bonds. The molecule has 0 radical (unpaired) electrons. The minimum absolute atomic E-state index is 0.494. The summed E-state index contributed by atoms with van der Waals surface area (Å²) in [6.07, 6.45) is 4.27. The number of imidazole rings is 1. The largest absolute Gasteiger partial charge is 0.326 e. The first-order valence-corrected chi connectivity index (χ1v) is 6.49. The van der Waals surface area contributed by atoms with Crippen molar-refractivity contribution >= 4 is 11.0 Å². The van der Waals surface area contributed by atoms with E-state index in [-0.39, 0.29) is 0 Å². The molecule has 0 spiro atoms. The molecule has 3 heteroatoms. The van der Waals surface area contributed by atoms with Gasteiger partial charge >= 0.3 is 0 Å². The molecule has 1 aromatic carbocycles. The normalized spacial score (nSPS) is 13.1. The number of nitrogens with zero attached hydrogens (tertiary/aromatic N) is 2. The maximum Gasteiger partial charge on any atom is 0.0961 e. The van der Waals surface area contributed by atoms with Crippen LogP contribution >= 0.6 is 0 Å². The molecule has 1 heterocycles. The van der Waals surface area contributed by atoms with Crippen LogP contribution in [0.2, 0.25) is 0 Å². The van der Waals surface area contributed by atoms with Gasteiger partial charge in [-0.25, -0.2) is 4.98 Å². The predicted octanol–water partition coefficient (Wildman–Crippen LogP) is 2.99. The summed E-state index contributed by atoms with van der Waals surface area (Å²) in [4.78, 5) is 4.45. The van der Waals surface area contributed by atoms with E-state index < -0.39 is 0 Å². The number of benzene rings is 1. The fraction of sp³-hybridized carbons (Fsp3) is 0.500. The molecule has 0 bridgehead atoms. The zero-order valence-corrected chi connectivity index (χ0v) is 10.7. The summed E-state index contributed by atoms with van der Waals surface area (Å²) in [5.41, 5.74) is 2.32. The van der Waals surface area contributed by atoms with E-state index in [0.717, 1.165) is 25.0 Å². The average molecular weight is 231 g/mol. The highest BCUT2D eigenvalue weighted by atomic mass is 15.1. The Morgan fingerprint density at radius 3 is 2.88 bits per heavy atom. The van der Waals surface area contributed by atoms with E-state index >= 15 is 0 Å². The Balaban J connectivity index is 2.18. The Labute approximate surface area is 103 Å². The van der Waals surface area contributed by atoms with Crippen molar-refractivity contribution < 1.29 is 0 Å². The second-order valence-electron chi connectivity index (χ2n) is 4.41. The number of fused-ring (bicyclic) bond motifs is 1. The quantitative estimate of drug-likeness (QED) is 0.775. The van der Waals surface area contributed by atoms with E-state index in [9.17, 15) is 0 Å². The van der Waals surface area contributed by atoms with Crippen LogP contribution in [0, 0.1) is 0 Å². The van der Waals surface area contributed by atoms with Gasteiger partial charge in [-0.1, -0.05) is 26.0 Å². The minimum atomic E-state index is 0.494. The minimum Gasteiger partial charge on any atom is -0.326 e. The first kappa shape index (κ1) is 12.1. The van der Waals surface area contributed by atoms with Crippen LogP contribution in [0.4, 0.5) is 0 Å². The van der Waals surface area contributed by atoms with Crippen LogP contribution in [0.25, 0.3) is 11.0 Å². The van der Waals surface area contributed by atoms with Crippen molar-refractivity contribution in [1.29, 1.82) is 0 Å². The molecular weight excluding hydrogens is 210 g/mol. The lowest BCUT2D eigenvalue weighted by Gasteiger charge is -2.18. The summed E-state index contributed by atoms with van der Waals surface area (Å²) < 4.78 is 2.29. The summed E-state index contributed by atoms with van der Waals surface area (Å²) in [5, 5.41) is 3.49. The first-order chi connectivity index (χ1) is 8.36. The molecule has 0 fully saturated rings. The number of aromatic nitrogens is 2. The Hall–Kier alpha value is -1.35. The Morgan fingerprint density at radius 2 is 2.12 bits per heavy atom. The van der Waals surface area contributed by atoms with E-state index in [2.05, 4.69) is 46.9 Å². The van der Waals surface area contributed by atoms with Crippen molar-refractivity contribution in [3.05, 3.63) is 30.6 Å². The van der Waals surface area contributed by atoms with Gasteiger partial charge in [0.1, 0.15) is 0 Å². The lowest BCUT2D eigenvalue weighted by Crippen LogP contribution is -2.25. The van der Waals surface area contributed by atoms with Crippen LogP contribution in [0.3, 0.4) is 0 Å². The molecular formula is C14H21N3. The van der Waals surface area contributed by atoms with Gasteiger partial charge in [0.25, 0.3) is 0 Å². The van der Waals surface area contributed by atoms with Crippen LogP contribution in [-0.2, 0) is 0 Å². The molecule has 92 valence electrons. The molecule has 2 aromatic rings. The van der Waals surface area contributed by atoms with Crippen molar-refractivity contribution in [2.45, 2.75) is 32.7 Å². The van der Waals surface area contributed by atoms with E-state index in [0.29, 0.717) is 6.04 Å². The maximum absolute atomic E-state index is 4.45. The van der Waals surface area contributed by atoms with Gasteiger partial charge in [0.2, 0.25) is 0 Å². The Kier molecular flexibility index (Phi) is 4.15. The molecule has 0 aliphatic heterocycles. The van der Waals surface area contributed by atoms with Crippen LogP contribution in [0.1, 0.15) is 32.7 Å². The van der Waals surface area contributed by atoms with E-state index in [1.54, 1.807) is 0 Å². The molecule has 0 aliphatic rings. The van der Waals surface area contributed by atoms with Gasteiger partial charge in [0.15, 0.2) is 0 Å². The predicted molar refractivity (Wildman–Crippen MR) is 72.2 cm³/mol. The van der Waals surface area contributed by atoms with Gasteiger partial charge < -0.3 is 9.88 Å². The molecule has 2 rings (SSSR count). The van der Waals surface area contributed by atoms with Crippen molar-refractivity contribution in [2.75, 3.05) is 13.1 Å². The van der Waals surface area contributed by atoms with Gasteiger partial charge in [-0.3, -0.25) is 0 Å². The fourth-order valence-electron chi connectivity index (χ4n) is 2.15. The molecule has 1 aromatic heterocycles. The van der Waals surface area contributed by atoms with E-state index in [1.165, 1.54) is 11.9 Å². The van der Waals surface area contributed by atoms with Gasteiger partial charge in [-0.2, -0.15) is 0 Å². The molecule has 0 aliphatic carbocycles. The maximum atomic E-state index is 4.45. The average Bonchev–Trinajstić information content (AvgIpc) is 2.79. The topological polar surface area (TPSA) is 29.9 Å². The van der Waals surface area contributed by atoms with E-state index in [1.807, 2.05) is 12.4 Å². The molecule has 0 saturated heterocycles. The zero-order chi connectivity index (χ0) is 12.1. The fourth-order valence-corrected chi connectivity index (χ4v) is 2.15. The summed E-state index contributed by atoms with van der Waals surface area (Å²) in [7, 11) is 0. The van der Waals surface area contributed by atoms with Crippen LogP contribution in [-0.4, -0.2) is 22.6 Å². The first-order valence-electron chi connectivity index (χ1n) is 6.49. The summed E-state index contributed by atoms with van der Waals surface area (Å²) in [6.45, 7) is 6.53. The van der Waals surface area contributed by atoms with Crippen molar-refractivity contribution in [3.63, 3.8) is 0 Å². The summed E-state index contributed by atoms with van der Waals surface area (Å²) >= 11 is 0. The van der Waals surface area contributed by atoms with Crippen molar-refractivity contribution in [3.8, 4) is 0 Å². The summed E-state index contributed by atoms with van der Waals surface area (Å²) in [6, 6.07) is 8.82. The molecule has 1 atom stereocenters. The van der Waals surface area contributed by atoms with Crippen LogP contribution in [0.15, 0.2) is 30.6 Å². The number of para-hydroxylation sites is 2. The summed E-state index contributed by atoms with van der Waals surface area (Å²) in [5.74, 6) is 0. The van der Waals surface area contributed by atoms with Gasteiger partial charge in [-0.15, -0.1) is 0 Å². The van der Waals surface area contributed by atoms with Crippen molar-refractivity contribution in [2.24, 2.45) is 0 Å². The molecule has 0 saturated carbocycles. The molecule has 3 nitrogen and oxygen atoms in total. The van der Waals surface area contributed by atoms with Gasteiger partial charge in [0.05, 0.1) is 17.4 Å². The zero-order valence-electron chi connectivity index (χ0n) is 10.7. The molecule has 1 N–H and O–H groups in total. The van der Waals surface area contributed by atoms with Gasteiger partial charge in [-0.05, 0) is 31.5 Å². The Morgan fingerprint density at radius 1 is 1.29 bits per heavy atom. The highest BCUT2D eigenvalue weighted by molar-refractivity contribution is 5.75. The third-order valence-corrected chi connectivity index (χ3v) is 3.15.